The summed E-state index contributed by atoms with van der Waals surface area (Å²) in [6.07, 6.45) is 1.61. The number of hydrogen-bond acceptors (Lipinski definition) is 5. The number of furan rings is 1. The Labute approximate surface area is 104 Å². The van der Waals surface area contributed by atoms with Crippen molar-refractivity contribution >= 4 is 11.3 Å². The molecule has 2 heterocycles. The van der Waals surface area contributed by atoms with Crippen LogP contribution in [0.25, 0.3) is 10.8 Å². The van der Waals surface area contributed by atoms with Crippen molar-refractivity contribution in [2.24, 2.45) is 0 Å². The molecule has 0 radical (unpaired) electrons. The Kier molecular flexibility index (Phi) is 3.33. The highest BCUT2D eigenvalue weighted by atomic mass is 32.1. The number of aromatic nitrogens is 1. The van der Waals surface area contributed by atoms with Crippen LogP contribution >= 0.6 is 11.3 Å². The SMILES string of the molecule is COCc1nc(-c2ccco2)sc1C(C)(C)O. The molecule has 92 valence electrons. The first-order valence-electron chi connectivity index (χ1n) is 5.27. The third-order valence-corrected chi connectivity index (χ3v) is 3.69. The van der Waals surface area contributed by atoms with E-state index < -0.39 is 5.60 Å². The second kappa shape index (κ2) is 4.60. The van der Waals surface area contributed by atoms with E-state index in [-0.39, 0.29) is 0 Å². The molecule has 0 aromatic carbocycles. The molecule has 0 aliphatic carbocycles. The van der Waals surface area contributed by atoms with Crippen molar-refractivity contribution in [3.8, 4) is 10.8 Å². The molecule has 0 unspecified atom stereocenters. The first kappa shape index (κ1) is 12.3. The standard InChI is InChI=1S/C12H15NO3S/c1-12(2,14)10-8(7-15-3)13-11(17-10)9-5-4-6-16-9/h4-6,14H,7H2,1-3H3. The number of aliphatic hydroxyl groups is 1. The molecule has 2 aromatic rings. The third kappa shape index (κ3) is 2.57. The molecule has 0 spiro atoms. The minimum atomic E-state index is -0.920. The normalized spacial score (nSPS) is 12.0. The highest BCUT2D eigenvalue weighted by Crippen LogP contribution is 2.35. The zero-order valence-electron chi connectivity index (χ0n) is 10.1. The molecule has 0 fully saturated rings. The maximum absolute atomic E-state index is 10.1. The van der Waals surface area contributed by atoms with Gasteiger partial charge in [-0.2, -0.15) is 0 Å². The molecule has 0 saturated heterocycles. The maximum Gasteiger partial charge on any atom is 0.162 e. The molecule has 2 rings (SSSR count). The van der Waals surface area contributed by atoms with Crippen LogP contribution in [0.2, 0.25) is 0 Å². The molecule has 0 amide bonds. The Hall–Kier alpha value is -1.17. The summed E-state index contributed by atoms with van der Waals surface area (Å²) in [7, 11) is 1.61. The second-order valence-electron chi connectivity index (χ2n) is 4.26. The summed E-state index contributed by atoms with van der Waals surface area (Å²) in [4.78, 5) is 5.26. The van der Waals surface area contributed by atoms with E-state index in [2.05, 4.69) is 4.98 Å². The van der Waals surface area contributed by atoms with Gasteiger partial charge in [0.25, 0.3) is 0 Å². The van der Waals surface area contributed by atoms with Gasteiger partial charge in [-0.05, 0) is 26.0 Å². The van der Waals surface area contributed by atoms with Crippen molar-refractivity contribution in [2.75, 3.05) is 7.11 Å². The number of thiazole rings is 1. The van der Waals surface area contributed by atoms with Gasteiger partial charge >= 0.3 is 0 Å². The fourth-order valence-corrected chi connectivity index (χ4v) is 2.61. The van der Waals surface area contributed by atoms with Gasteiger partial charge in [0, 0.05) is 7.11 Å². The number of ether oxygens (including phenoxy) is 1. The lowest BCUT2D eigenvalue weighted by Crippen LogP contribution is -2.16. The van der Waals surface area contributed by atoms with Crippen LogP contribution in [0.5, 0.6) is 0 Å². The number of hydrogen-bond donors (Lipinski definition) is 1. The Morgan fingerprint density at radius 1 is 1.53 bits per heavy atom. The summed E-state index contributed by atoms with van der Waals surface area (Å²) in [6, 6.07) is 3.67. The van der Waals surface area contributed by atoms with E-state index in [4.69, 9.17) is 9.15 Å². The molecule has 4 nitrogen and oxygen atoms in total. The van der Waals surface area contributed by atoms with E-state index in [1.165, 1.54) is 11.3 Å². The summed E-state index contributed by atoms with van der Waals surface area (Å²) in [6.45, 7) is 3.87. The van der Waals surface area contributed by atoms with Gasteiger partial charge in [0.05, 0.1) is 29.0 Å². The van der Waals surface area contributed by atoms with Gasteiger partial charge < -0.3 is 14.3 Å². The summed E-state index contributed by atoms with van der Waals surface area (Å²) >= 11 is 1.43. The van der Waals surface area contributed by atoms with Crippen molar-refractivity contribution < 1.29 is 14.3 Å². The fourth-order valence-electron chi connectivity index (χ4n) is 1.57. The van der Waals surface area contributed by atoms with E-state index >= 15 is 0 Å². The topological polar surface area (TPSA) is 55.5 Å². The van der Waals surface area contributed by atoms with Gasteiger partial charge in [-0.25, -0.2) is 4.98 Å². The lowest BCUT2D eigenvalue weighted by atomic mass is 10.1. The van der Waals surface area contributed by atoms with Crippen LogP contribution in [0.4, 0.5) is 0 Å². The van der Waals surface area contributed by atoms with Crippen LogP contribution in [0.3, 0.4) is 0 Å². The summed E-state index contributed by atoms with van der Waals surface area (Å²) < 4.78 is 10.4. The first-order chi connectivity index (χ1) is 8.02. The van der Waals surface area contributed by atoms with E-state index in [0.717, 1.165) is 15.6 Å². The molecule has 5 heteroatoms. The zero-order chi connectivity index (χ0) is 12.5. The highest BCUT2D eigenvalue weighted by Gasteiger charge is 2.25. The van der Waals surface area contributed by atoms with Crippen LogP contribution in [-0.4, -0.2) is 17.2 Å². The van der Waals surface area contributed by atoms with E-state index in [1.807, 2.05) is 12.1 Å². The summed E-state index contributed by atoms with van der Waals surface area (Å²) in [5.74, 6) is 0.711. The Bertz CT molecular complexity index is 482. The average Bonchev–Trinajstić information content (AvgIpc) is 2.82. The molecule has 0 bridgehead atoms. The Morgan fingerprint density at radius 2 is 2.29 bits per heavy atom. The van der Waals surface area contributed by atoms with Crippen LogP contribution in [0.15, 0.2) is 22.8 Å². The monoisotopic (exact) mass is 253 g/mol. The average molecular weight is 253 g/mol. The van der Waals surface area contributed by atoms with Crippen molar-refractivity contribution in [2.45, 2.75) is 26.1 Å². The zero-order valence-corrected chi connectivity index (χ0v) is 10.9. The molecule has 0 aliphatic rings. The molecule has 0 atom stereocenters. The van der Waals surface area contributed by atoms with E-state index in [0.29, 0.717) is 12.4 Å². The van der Waals surface area contributed by atoms with Gasteiger partial charge in [0.1, 0.15) is 0 Å². The van der Waals surface area contributed by atoms with Crippen LogP contribution < -0.4 is 0 Å². The molecule has 2 aromatic heterocycles. The second-order valence-corrected chi connectivity index (χ2v) is 5.26. The molecule has 1 N–H and O–H groups in total. The van der Waals surface area contributed by atoms with Gasteiger partial charge in [-0.3, -0.25) is 0 Å². The highest BCUT2D eigenvalue weighted by molar-refractivity contribution is 7.15. The predicted octanol–water partition coefficient (Wildman–Crippen LogP) is 2.78. The molecule has 0 aliphatic heterocycles. The van der Waals surface area contributed by atoms with E-state index in [9.17, 15) is 5.11 Å². The maximum atomic E-state index is 10.1. The molecule has 17 heavy (non-hydrogen) atoms. The smallest absolute Gasteiger partial charge is 0.162 e. The largest absolute Gasteiger partial charge is 0.462 e. The van der Waals surface area contributed by atoms with Crippen molar-refractivity contribution in [3.63, 3.8) is 0 Å². The van der Waals surface area contributed by atoms with Crippen LogP contribution in [-0.2, 0) is 16.9 Å². The molecular weight excluding hydrogens is 238 g/mol. The Balaban J connectivity index is 2.45. The minimum absolute atomic E-state index is 0.385. The molecule has 0 saturated carbocycles. The number of rotatable bonds is 4. The van der Waals surface area contributed by atoms with Crippen molar-refractivity contribution in [1.82, 2.24) is 4.98 Å². The van der Waals surface area contributed by atoms with Crippen molar-refractivity contribution in [1.29, 1.82) is 0 Å². The van der Waals surface area contributed by atoms with Gasteiger partial charge in [0.2, 0.25) is 0 Å². The minimum Gasteiger partial charge on any atom is -0.462 e. The van der Waals surface area contributed by atoms with Crippen LogP contribution in [0, 0.1) is 0 Å². The number of nitrogens with zero attached hydrogens (tertiary/aromatic N) is 1. The lowest BCUT2D eigenvalue weighted by Gasteiger charge is -2.16. The summed E-state index contributed by atoms with van der Waals surface area (Å²) in [5.41, 5.74) is -0.160. The Morgan fingerprint density at radius 3 is 2.82 bits per heavy atom. The quantitative estimate of drug-likeness (QED) is 0.910. The first-order valence-corrected chi connectivity index (χ1v) is 6.09. The fraction of sp³-hybridized carbons (Fsp3) is 0.417. The van der Waals surface area contributed by atoms with Gasteiger partial charge in [-0.15, -0.1) is 11.3 Å². The van der Waals surface area contributed by atoms with Gasteiger partial charge in [-0.1, -0.05) is 0 Å². The van der Waals surface area contributed by atoms with Crippen LogP contribution in [0.1, 0.15) is 24.4 Å². The predicted molar refractivity (Wildman–Crippen MR) is 65.8 cm³/mol. The number of methoxy groups -OCH3 is 1. The van der Waals surface area contributed by atoms with Gasteiger partial charge in [0.15, 0.2) is 10.8 Å². The molecular formula is C12H15NO3S. The van der Waals surface area contributed by atoms with Crippen molar-refractivity contribution in [3.05, 3.63) is 29.0 Å². The van der Waals surface area contributed by atoms with E-state index in [1.54, 1.807) is 27.2 Å². The lowest BCUT2D eigenvalue weighted by molar-refractivity contribution is 0.0782. The summed E-state index contributed by atoms with van der Waals surface area (Å²) in [5, 5.41) is 10.9. The third-order valence-electron chi connectivity index (χ3n) is 2.27.